The quantitative estimate of drug-likeness (QED) is 0.523. The molecule has 1 N–H and O–H groups in total. The molecular formula is C18H14N6OS. The first-order valence-corrected chi connectivity index (χ1v) is 8.94. The van der Waals surface area contributed by atoms with Crippen LogP contribution < -0.4 is 5.56 Å². The van der Waals surface area contributed by atoms with Crippen LogP contribution in [0.25, 0.3) is 38.4 Å². The summed E-state index contributed by atoms with van der Waals surface area (Å²) >= 11 is 1.54. The minimum Gasteiger partial charge on any atom is -0.339 e. The molecule has 128 valence electrons. The Morgan fingerprint density at radius 2 is 2.04 bits per heavy atom. The van der Waals surface area contributed by atoms with Crippen LogP contribution in [-0.2, 0) is 7.05 Å². The van der Waals surface area contributed by atoms with E-state index in [4.69, 9.17) is 0 Å². The Hall–Kier alpha value is -3.26. The lowest BCUT2D eigenvalue weighted by Gasteiger charge is -2.04. The fourth-order valence-corrected chi connectivity index (χ4v) is 3.91. The number of hydrogen-bond donors (Lipinski definition) is 1. The normalized spacial score (nSPS) is 11.6. The summed E-state index contributed by atoms with van der Waals surface area (Å²) in [6.07, 6.45) is 3.50. The van der Waals surface area contributed by atoms with Gasteiger partial charge in [-0.2, -0.15) is 14.7 Å². The highest BCUT2D eigenvalue weighted by Crippen LogP contribution is 2.28. The summed E-state index contributed by atoms with van der Waals surface area (Å²) in [6.45, 7) is 1.95. The number of benzene rings is 1. The second kappa shape index (κ2) is 5.37. The van der Waals surface area contributed by atoms with Crippen LogP contribution in [0.4, 0.5) is 0 Å². The van der Waals surface area contributed by atoms with Gasteiger partial charge in [0.05, 0.1) is 29.2 Å². The van der Waals surface area contributed by atoms with E-state index < -0.39 is 0 Å². The highest BCUT2D eigenvalue weighted by molar-refractivity contribution is 7.13. The molecule has 0 aliphatic rings. The minimum atomic E-state index is -0.181. The topological polar surface area (TPSA) is 80.9 Å². The summed E-state index contributed by atoms with van der Waals surface area (Å²) in [7, 11) is 1.91. The lowest BCUT2D eigenvalue weighted by molar-refractivity contribution is 0.797. The number of nitrogens with one attached hydrogen (secondary N) is 1. The molecule has 5 aromatic rings. The zero-order valence-electron chi connectivity index (χ0n) is 14.1. The van der Waals surface area contributed by atoms with Gasteiger partial charge in [0.25, 0.3) is 5.56 Å². The molecule has 0 fully saturated rings. The molecular weight excluding hydrogens is 348 g/mol. The van der Waals surface area contributed by atoms with Crippen molar-refractivity contribution in [3.05, 3.63) is 58.1 Å². The van der Waals surface area contributed by atoms with E-state index >= 15 is 0 Å². The lowest BCUT2D eigenvalue weighted by atomic mass is 10.1. The fraction of sp³-hybridized carbons (Fsp3) is 0.111. The number of H-pyrrole nitrogens is 1. The van der Waals surface area contributed by atoms with Crippen LogP contribution in [0.15, 0.2) is 46.8 Å². The summed E-state index contributed by atoms with van der Waals surface area (Å²) in [5, 5.41) is 12.3. The highest BCUT2D eigenvalue weighted by atomic mass is 32.1. The largest absolute Gasteiger partial charge is 0.339 e. The Morgan fingerprint density at radius 1 is 1.15 bits per heavy atom. The Labute approximate surface area is 151 Å². The predicted molar refractivity (Wildman–Crippen MR) is 101 cm³/mol. The van der Waals surface area contributed by atoms with Crippen LogP contribution >= 0.6 is 11.3 Å². The zero-order valence-corrected chi connectivity index (χ0v) is 14.9. The maximum Gasteiger partial charge on any atom is 0.274 e. The number of aryl methyl sites for hydroxylation is 2. The van der Waals surface area contributed by atoms with Crippen LogP contribution in [0, 0.1) is 6.92 Å². The molecule has 0 radical (unpaired) electrons. The second-order valence-electron chi connectivity index (χ2n) is 6.18. The van der Waals surface area contributed by atoms with E-state index in [1.54, 1.807) is 12.3 Å². The predicted octanol–water partition coefficient (Wildman–Crippen LogP) is 3.01. The number of fused-ring (bicyclic) bond motifs is 2. The zero-order chi connectivity index (χ0) is 17.8. The SMILES string of the molecule is Cc1csc(-c2cnn3c(=O)cc(-c4ccc5c(cnn5C)c4)[nH]c23)n1. The van der Waals surface area contributed by atoms with Crippen LogP contribution in [0.5, 0.6) is 0 Å². The van der Waals surface area contributed by atoms with Crippen LogP contribution in [-0.4, -0.2) is 29.4 Å². The molecule has 0 saturated heterocycles. The molecule has 0 atom stereocenters. The number of rotatable bonds is 2. The summed E-state index contributed by atoms with van der Waals surface area (Å²) < 4.78 is 3.20. The molecule has 0 unspecified atom stereocenters. The number of aromatic amines is 1. The van der Waals surface area contributed by atoms with Gasteiger partial charge in [-0.3, -0.25) is 9.48 Å². The van der Waals surface area contributed by atoms with Crippen molar-refractivity contribution in [2.24, 2.45) is 7.05 Å². The molecule has 8 heteroatoms. The number of hydrogen-bond acceptors (Lipinski definition) is 5. The Kier molecular flexibility index (Phi) is 3.10. The smallest absolute Gasteiger partial charge is 0.274 e. The van der Waals surface area contributed by atoms with Crippen LogP contribution in [0.1, 0.15) is 5.69 Å². The molecule has 4 heterocycles. The third kappa shape index (κ3) is 2.19. The Morgan fingerprint density at radius 3 is 2.85 bits per heavy atom. The minimum absolute atomic E-state index is 0.181. The summed E-state index contributed by atoms with van der Waals surface area (Å²) in [6, 6.07) is 7.57. The van der Waals surface area contributed by atoms with E-state index in [9.17, 15) is 4.79 Å². The van der Waals surface area contributed by atoms with Crippen LogP contribution in [0.3, 0.4) is 0 Å². The van der Waals surface area contributed by atoms with Gasteiger partial charge in [0.15, 0.2) is 0 Å². The third-order valence-corrected chi connectivity index (χ3v) is 5.40. The standard InChI is InChI=1S/C18H14N6OS/c1-10-9-26-18(21-10)13-8-20-24-16(25)6-14(22-17(13)24)11-3-4-15-12(5-11)7-19-23(15)2/h3-9,22H,1-2H3. The van der Waals surface area contributed by atoms with Gasteiger partial charge in [-0.25, -0.2) is 4.98 Å². The van der Waals surface area contributed by atoms with E-state index in [0.717, 1.165) is 38.4 Å². The molecule has 1 aromatic carbocycles. The van der Waals surface area contributed by atoms with Gasteiger partial charge in [-0.15, -0.1) is 11.3 Å². The maximum atomic E-state index is 12.5. The van der Waals surface area contributed by atoms with E-state index in [1.165, 1.54) is 15.9 Å². The molecule has 0 aliphatic heterocycles. The van der Waals surface area contributed by atoms with Crippen molar-refractivity contribution >= 4 is 27.9 Å². The molecule has 0 spiro atoms. The van der Waals surface area contributed by atoms with Gasteiger partial charge >= 0.3 is 0 Å². The van der Waals surface area contributed by atoms with Crippen LogP contribution in [0.2, 0.25) is 0 Å². The number of nitrogens with zero attached hydrogens (tertiary/aromatic N) is 5. The van der Waals surface area contributed by atoms with Crippen molar-refractivity contribution in [1.29, 1.82) is 0 Å². The van der Waals surface area contributed by atoms with E-state index in [1.807, 2.05) is 48.4 Å². The van der Waals surface area contributed by atoms with Gasteiger partial charge in [-0.1, -0.05) is 6.07 Å². The monoisotopic (exact) mass is 362 g/mol. The summed E-state index contributed by atoms with van der Waals surface area (Å²) in [5.74, 6) is 0. The van der Waals surface area contributed by atoms with Crippen molar-refractivity contribution in [3.8, 4) is 21.8 Å². The fourth-order valence-electron chi connectivity index (χ4n) is 3.10. The van der Waals surface area contributed by atoms with Crippen molar-refractivity contribution in [2.75, 3.05) is 0 Å². The highest BCUT2D eigenvalue weighted by Gasteiger charge is 2.14. The first-order valence-electron chi connectivity index (χ1n) is 8.06. The number of aromatic nitrogens is 6. The van der Waals surface area contributed by atoms with Crippen molar-refractivity contribution in [3.63, 3.8) is 0 Å². The first kappa shape index (κ1) is 15.0. The molecule has 5 rings (SSSR count). The summed E-state index contributed by atoms with van der Waals surface area (Å²) in [5.41, 5.74) is 4.94. The van der Waals surface area contributed by atoms with Gasteiger partial charge in [0.1, 0.15) is 10.7 Å². The molecule has 26 heavy (non-hydrogen) atoms. The Bertz CT molecular complexity index is 1340. The second-order valence-corrected chi connectivity index (χ2v) is 7.03. The van der Waals surface area contributed by atoms with Crippen molar-refractivity contribution in [1.82, 2.24) is 29.4 Å². The van der Waals surface area contributed by atoms with Gasteiger partial charge in [-0.05, 0) is 24.6 Å². The van der Waals surface area contributed by atoms with Gasteiger partial charge in [0, 0.05) is 29.6 Å². The van der Waals surface area contributed by atoms with Crippen molar-refractivity contribution < 1.29 is 0 Å². The summed E-state index contributed by atoms with van der Waals surface area (Å²) in [4.78, 5) is 20.4. The van der Waals surface area contributed by atoms with Crippen molar-refractivity contribution in [2.45, 2.75) is 6.92 Å². The molecule has 0 amide bonds. The molecule has 0 saturated carbocycles. The first-order chi connectivity index (χ1) is 12.6. The average Bonchev–Trinajstić information content (AvgIpc) is 3.33. The van der Waals surface area contributed by atoms with Gasteiger partial charge in [0.2, 0.25) is 0 Å². The Balaban J connectivity index is 1.73. The maximum absolute atomic E-state index is 12.5. The average molecular weight is 362 g/mol. The lowest BCUT2D eigenvalue weighted by Crippen LogP contribution is -2.14. The molecule has 0 bridgehead atoms. The molecule has 0 aliphatic carbocycles. The van der Waals surface area contributed by atoms with E-state index in [-0.39, 0.29) is 5.56 Å². The van der Waals surface area contributed by atoms with E-state index in [0.29, 0.717) is 5.65 Å². The molecule has 4 aromatic heterocycles. The third-order valence-electron chi connectivity index (χ3n) is 4.41. The number of thiazole rings is 1. The van der Waals surface area contributed by atoms with Gasteiger partial charge < -0.3 is 4.98 Å². The van der Waals surface area contributed by atoms with E-state index in [2.05, 4.69) is 20.2 Å². The molecule has 7 nitrogen and oxygen atoms in total.